The second-order valence-electron chi connectivity index (χ2n) is 5.65. The third-order valence-electron chi connectivity index (χ3n) is 4.19. The molecule has 3 aromatic rings. The topological polar surface area (TPSA) is 34.0 Å². The molecule has 1 fully saturated rings. The Hall–Kier alpha value is -1.86. The lowest BCUT2D eigenvalue weighted by molar-refractivity contribution is 0.628. The smallest absolute Gasteiger partial charge is 0.217 e. The summed E-state index contributed by atoms with van der Waals surface area (Å²) >= 11 is 5.73. The van der Waals surface area contributed by atoms with Crippen molar-refractivity contribution in [1.82, 2.24) is 13.9 Å². The minimum Gasteiger partial charge on any atom is -0.372 e. The van der Waals surface area contributed by atoms with E-state index < -0.39 is 5.82 Å². The van der Waals surface area contributed by atoms with E-state index in [0.717, 1.165) is 22.7 Å². The van der Waals surface area contributed by atoms with Gasteiger partial charge in [0.1, 0.15) is 11.2 Å². The van der Waals surface area contributed by atoms with Gasteiger partial charge in [0, 0.05) is 30.4 Å². The maximum absolute atomic E-state index is 14.4. The van der Waals surface area contributed by atoms with Gasteiger partial charge in [0.25, 0.3) is 0 Å². The van der Waals surface area contributed by atoms with Crippen LogP contribution in [0.1, 0.15) is 12.8 Å². The average molecular weight is 367 g/mol. The Labute approximate surface area is 146 Å². The summed E-state index contributed by atoms with van der Waals surface area (Å²) in [6.07, 6.45) is 2.39. The molecule has 124 valence electrons. The van der Waals surface area contributed by atoms with Gasteiger partial charge in [0.05, 0.1) is 0 Å². The SMILES string of the molecule is FSn1c(Cl)nc2cc(F)c(-c3ccc(N4CCCC4)cc3)nc21. The highest BCUT2D eigenvalue weighted by atomic mass is 35.5. The standard InChI is InChI=1S/C16H13ClF2N4S/c17-16-20-13-9-12(18)14(21-15(13)23(16)24-19)10-3-5-11(6-4-10)22-7-1-2-8-22/h3-6,9H,1-2,7-8H2. The Kier molecular flexibility index (Phi) is 4.05. The molecule has 0 amide bonds. The molecule has 1 aliphatic heterocycles. The van der Waals surface area contributed by atoms with Crippen LogP contribution in [0.5, 0.6) is 0 Å². The number of nitrogens with zero attached hydrogens (tertiary/aromatic N) is 4. The van der Waals surface area contributed by atoms with E-state index in [2.05, 4.69) is 14.9 Å². The molecule has 2 aromatic heterocycles. The first-order valence-corrected chi connectivity index (χ1v) is 8.61. The van der Waals surface area contributed by atoms with Crippen molar-refractivity contribution < 1.29 is 8.28 Å². The van der Waals surface area contributed by atoms with Gasteiger partial charge in [0.2, 0.25) is 5.28 Å². The van der Waals surface area contributed by atoms with Crippen LogP contribution in [0, 0.1) is 5.82 Å². The van der Waals surface area contributed by atoms with E-state index in [-0.39, 0.29) is 34.5 Å². The second-order valence-corrected chi connectivity index (χ2v) is 6.49. The molecule has 4 nitrogen and oxygen atoms in total. The summed E-state index contributed by atoms with van der Waals surface area (Å²) in [4.78, 5) is 10.4. The predicted octanol–water partition coefficient (Wildman–Crippen LogP) is 4.87. The first kappa shape index (κ1) is 15.7. The van der Waals surface area contributed by atoms with Crippen molar-refractivity contribution in [3.63, 3.8) is 0 Å². The van der Waals surface area contributed by atoms with Gasteiger partial charge in [-0.2, -0.15) is 0 Å². The molecule has 0 radical (unpaired) electrons. The fraction of sp³-hybridized carbons (Fsp3) is 0.250. The number of anilines is 1. The number of hydrogen-bond acceptors (Lipinski definition) is 4. The summed E-state index contributed by atoms with van der Waals surface area (Å²) in [6, 6.07) is 8.80. The van der Waals surface area contributed by atoms with Gasteiger partial charge in [-0.1, -0.05) is 12.1 Å². The monoisotopic (exact) mass is 366 g/mol. The molecule has 0 aliphatic carbocycles. The molecule has 0 spiro atoms. The Morgan fingerprint density at radius 2 is 1.79 bits per heavy atom. The Morgan fingerprint density at radius 1 is 1.08 bits per heavy atom. The van der Waals surface area contributed by atoms with Crippen molar-refractivity contribution in [2.24, 2.45) is 0 Å². The van der Waals surface area contributed by atoms with Crippen molar-refractivity contribution in [2.75, 3.05) is 18.0 Å². The van der Waals surface area contributed by atoms with E-state index >= 15 is 0 Å². The van der Waals surface area contributed by atoms with Crippen molar-refractivity contribution in [1.29, 1.82) is 0 Å². The molecule has 4 rings (SSSR count). The van der Waals surface area contributed by atoms with Crippen LogP contribution in [-0.4, -0.2) is 27.0 Å². The summed E-state index contributed by atoms with van der Waals surface area (Å²) in [5.74, 6) is -0.512. The van der Waals surface area contributed by atoms with Crippen LogP contribution in [0.3, 0.4) is 0 Å². The van der Waals surface area contributed by atoms with Crippen LogP contribution >= 0.6 is 23.9 Å². The Morgan fingerprint density at radius 3 is 2.46 bits per heavy atom. The van der Waals surface area contributed by atoms with Crippen LogP contribution in [0.25, 0.3) is 22.4 Å². The van der Waals surface area contributed by atoms with Gasteiger partial charge in [-0.05, 0) is 36.6 Å². The predicted molar refractivity (Wildman–Crippen MR) is 93.5 cm³/mol. The minimum atomic E-state index is -0.512. The highest BCUT2D eigenvalue weighted by Crippen LogP contribution is 2.30. The van der Waals surface area contributed by atoms with E-state index in [0.29, 0.717) is 5.56 Å². The van der Waals surface area contributed by atoms with Gasteiger partial charge in [0.15, 0.2) is 23.8 Å². The first-order chi connectivity index (χ1) is 11.7. The van der Waals surface area contributed by atoms with Crippen LogP contribution in [0.2, 0.25) is 5.28 Å². The maximum atomic E-state index is 14.4. The van der Waals surface area contributed by atoms with E-state index in [1.165, 1.54) is 18.9 Å². The summed E-state index contributed by atoms with van der Waals surface area (Å²) in [5, 5.41) is -0.0778. The highest BCUT2D eigenvalue weighted by molar-refractivity contribution is 7.93. The molecule has 3 heterocycles. The van der Waals surface area contributed by atoms with Crippen LogP contribution in [0.15, 0.2) is 30.3 Å². The lowest BCUT2D eigenvalue weighted by Gasteiger charge is -2.17. The first-order valence-electron chi connectivity index (χ1n) is 7.56. The third kappa shape index (κ3) is 2.61. The summed E-state index contributed by atoms with van der Waals surface area (Å²) in [6.45, 7) is 2.09. The second kappa shape index (κ2) is 6.22. The lowest BCUT2D eigenvalue weighted by atomic mass is 10.1. The van der Waals surface area contributed by atoms with E-state index in [4.69, 9.17) is 11.6 Å². The van der Waals surface area contributed by atoms with Crippen LogP contribution in [-0.2, 0) is 0 Å². The molecule has 0 N–H and O–H groups in total. The van der Waals surface area contributed by atoms with Gasteiger partial charge in [-0.15, -0.1) is 3.89 Å². The van der Waals surface area contributed by atoms with Crippen molar-refractivity contribution in [2.45, 2.75) is 12.8 Å². The number of rotatable bonds is 3. The molecule has 1 aliphatic rings. The zero-order chi connectivity index (χ0) is 16.7. The summed E-state index contributed by atoms with van der Waals surface area (Å²) in [7, 11) is 0. The number of hydrogen-bond donors (Lipinski definition) is 0. The summed E-state index contributed by atoms with van der Waals surface area (Å²) < 4.78 is 28.4. The Bertz CT molecular complexity index is 891. The lowest BCUT2D eigenvalue weighted by Crippen LogP contribution is -2.17. The van der Waals surface area contributed by atoms with E-state index in [1.807, 2.05) is 24.3 Å². The zero-order valence-electron chi connectivity index (χ0n) is 12.5. The number of benzene rings is 1. The van der Waals surface area contributed by atoms with Crippen molar-refractivity contribution in [3.8, 4) is 11.3 Å². The minimum absolute atomic E-state index is 0.0778. The average Bonchev–Trinajstić information content (AvgIpc) is 3.21. The molecule has 0 saturated carbocycles. The Balaban J connectivity index is 1.76. The largest absolute Gasteiger partial charge is 0.372 e. The van der Waals surface area contributed by atoms with E-state index in [1.54, 1.807) is 0 Å². The van der Waals surface area contributed by atoms with Crippen molar-refractivity contribution in [3.05, 3.63) is 41.4 Å². The molecule has 0 bridgehead atoms. The quantitative estimate of drug-likeness (QED) is 0.662. The molecular formula is C16H13ClF2N4S. The molecule has 1 saturated heterocycles. The maximum Gasteiger partial charge on any atom is 0.217 e. The molecule has 1 aromatic carbocycles. The van der Waals surface area contributed by atoms with Crippen LogP contribution < -0.4 is 4.90 Å². The number of halogens is 3. The number of aromatic nitrogens is 3. The zero-order valence-corrected chi connectivity index (χ0v) is 14.1. The third-order valence-corrected chi connectivity index (χ3v) is 5.03. The van der Waals surface area contributed by atoms with Crippen LogP contribution in [0.4, 0.5) is 14.0 Å². The van der Waals surface area contributed by atoms with Crippen molar-refractivity contribution >= 4 is 40.8 Å². The molecular weight excluding hydrogens is 354 g/mol. The number of imidazole rings is 1. The van der Waals surface area contributed by atoms with Gasteiger partial charge < -0.3 is 4.90 Å². The van der Waals surface area contributed by atoms with Gasteiger partial charge >= 0.3 is 0 Å². The number of fused-ring (bicyclic) bond motifs is 1. The fourth-order valence-electron chi connectivity index (χ4n) is 3.00. The molecule has 0 unspecified atom stereocenters. The van der Waals surface area contributed by atoms with Gasteiger partial charge in [-0.3, -0.25) is 0 Å². The molecule has 24 heavy (non-hydrogen) atoms. The summed E-state index contributed by atoms with van der Waals surface area (Å²) in [5.41, 5.74) is 2.32. The molecule has 0 atom stereocenters. The van der Waals surface area contributed by atoms with Gasteiger partial charge in [-0.25, -0.2) is 18.3 Å². The normalized spacial score (nSPS) is 14.7. The highest BCUT2D eigenvalue weighted by Gasteiger charge is 2.17. The number of pyridine rings is 1. The van der Waals surface area contributed by atoms with E-state index in [9.17, 15) is 8.28 Å². The fourth-order valence-corrected chi connectivity index (χ4v) is 3.55. The molecule has 8 heteroatoms.